The van der Waals surface area contributed by atoms with Gasteiger partial charge in [-0.1, -0.05) is 0 Å². The molecule has 0 bridgehead atoms. The van der Waals surface area contributed by atoms with E-state index in [0.29, 0.717) is 17.9 Å². The average Bonchev–Trinajstić information content (AvgIpc) is 3.79. The molecule has 0 spiro atoms. The lowest BCUT2D eigenvalue weighted by molar-refractivity contribution is 0.0710. The molecule has 1 aliphatic heterocycles. The molecule has 0 radical (unpaired) electrons. The minimum absolute atomic E-state index is 0.0923. The fourth-order valence-corrected chi connectivity index (χ4v) is 4.75. The summed E-state index contributed by atoms with van der Waals surface area (Å²) in [6, 6.07) is 6.49. The van der Waals surface area contributed by atoms with E-state index >= 15 is 0 Å². The van der Waals surface area contributed by atoms with Crippen LogP contribution in [0.2, 0.25) is 0 Å². The fourth-order valence-electron chi connectivity index (χ4n) is 4.75. The predicted molar refractivity (Wildman–Crippen MR) is 125 cm³/mol. The Morgan fingerprint density at radius 2 is 1.82 bits per heavy atom. The molecule has 3 aromatic rings. The SMILES string of the molecule is Cc1oc(C2CC2)cc1C(=O)N1CCC(c2nc(NC3CC3)ncc2-c2ccncc2)CC1. The number of amides is 1. The molecule has 170 valence electrons. The van der Waals surface area contributed by atoms with Crippen molar-refractivity contribution < 1.29 is 9.21 Å². The van der Waals surface area contributed by atoms with Gasteiger partial charge in [-0.3, -0.25) is 9.78 Å². The average molecular weight is 444 g/mol. The first-order chi connectivity index (χ1) is 16.2. The Kier molecular flexibility index (Phi) is 5.12. The van der Waals surface area contributed by atoms with Crippen molar-refractivity contribution in [2.75, 3.05) is 18.4 Å². The van der Waals surface area contributed by atoms with E-state index in [1.165, 1.54) is 25.7 Å². The molecule has 1 saturated heterocycles. The van der Waals surface area contributed by atoms with Crippen LogP contribution in [0, 0.1) is 6.92 Å². The Morgan fingerprint density at radius 3 is 2.52 bits per heavy atom. The van der Waals surface area contributed by atoms with Gasteiger partial charge < -0.3 is 14.6 Å². The van der Waals surface area contributed by atoms with Crippen LogP contribution < -0.4 is 5.32 Å². The fraction of sp³-hybridized carbons (Fsp3) is 0.462. The molecule has 4 heterocycles. The standard InChI is InChI=1S/C26H29N5O2/c1-16-21(14-23(33-16)18-2-3-18)25(32)31-12-8-19(9-13-31)24-22(17-6-10-27-11-7-17)15-28-26(30-24)29-20-4-5-20/h6-7,10-11,14-15,18-20H,2-5,8-9,12-13H2,1H3,(H,28,29,30). The zero-order chi connectivity index (χ0) is 22.4. The highest BCUT2D eigenvalue weighted by Crippen LogP contribution is 2.42. The second kappa shape index (κ2) is 8.28. The highest BCUT2D eigenvalue weighted by Gasteiger charge is 2.32. The predicted octanol–water partition coefficient (Wildman–Crippen LogP) is 4.91. The molecule has 0 aromatic carbocycles. The maximum absolute atomic E-state index is 13.2. The van der Waals surface area contributed by atoms with E-state index in [9.17, 15) is 4.79 Å². The van der Waals surface area contributed by atoms with Crippen molar-refractivity contribution >= 4 is 11.9 Å². The third-order valence-electron chi connectivity index (χ3n) is 7.04. The topological polar surface area (TPSA) is 84.2 Å². The largest absolute Gasteiger partial charge is 0.465 e. The van der Waals surface area contributed by atoms with Crippen molar-refractivity contribution in [3.8, 4) is 11.1 Å². The molecule has 7 nitrogen and oxygen atoms in total. The number of nitrogens with one attached hydrogen (secondary N) is 1. The molecule has 0 atom stereocenters. The molecule has 2 saturated carbocycles. The highest BCUT2D eigenvalue weighted by atomic mass is 16.3. The van der Waals surface area contributed by atoms with Gasteiger partial charge in [0.1, 0.15) is 11.5 Å². The van der Waals surface area contributed by atoms with Gasteiger partial charge in [-0.2, -0.15) is 0 Å². The van der Waals surface area contributed by atoms with Crippen LogP contribution in [0.1, 0.15) is 77.9 Å². The molecule has 1 amide bonds. The first-order valence-electron chi connectivity index (χ1n) is 12.1. The quantitative estimate of drug-likeness (QED) is 0.583. The van der Waals surface area contributed by atoms with Gasteiger partial charge in [-0.05, 0) is 69.2 Å². The van der Waals surface area contributed by atoms with Crippen LogP contribution in [-0.4, -0.2) is 44.9 Å². The van der Waals surface area contributed by atoms with Gasteiger partial charge >= 0.3 is 0 Å². The summed E-state index contributed by atoms with van der Waals surface area (Å²) >= 11 is 0. The van der Waals surface area contributed by atoms with Gasteiger partial charge in [0.25, 0.3) is 5.91 Å². The second-order valence-corrected chi connectivity index (χ2v) is 9.61. The zero-order valence-corrected chi connectivity index (χ0v) is 19.0. The van der Waals surface area contributed by atoms with E-state index < -0.39 is 0 Å². The molecule has 1 N–H and O–H groups in total. The molecule has 0 unspecified atom stereocenters. The number of aryl methyl sites for hydroxylation is 1. The highest BCUT2D eigenvalue weighted by molar-refractivity contribution is 5.95. The number of aromatic nitrogens is 3. The molecule has 3 aromatic heterocycles. The Labute approximate surface area is 193 Å². The number of piperidine rings is 1. The summed E-state index contributed by atoms with van der Waals surface area (Å²) in [7, 11) is 0. The van der Waals surface area contributed by atoms with Gasteiger partial charge in [0.05, 0.1) is 11.3 Å². The first kappa shape index (κ1) is 20.4. The van der Waals surface area contributed by atoms with Crippen molar-refractivity contribution in [3.05, 3.63) is 59.6 Å². The van der Waals surface area contributed by atoms with E-state index in [1.54, 1.807) is 12.4 Å². The van der Waals surface area contributed by atoms with Crippen LogP contribution in [-0.2, 0) is 0 Å². The van der Waals surface area contributed by atoms with E-state index in [-0.39, 0.29) is 11.8 Å². The molecule has 3 aliphatic rings. The van der Waals surface area contributed by atoms with Gasteiger partial charge in [0.2, 0.25) is 5.95 Å². The number of hydrogen-bond donors (Lipinski definition) is 1. The molecule has 7 heteroatoms. The van der Waals surface area contributed by atoms with Crippen LogP contribution in [0.3, 0.4) is 0 Å². The molecule has 3 fully saturated rings. The molecular weight excluding hydrogens is 414 g/mol. The Bertz CT molecular complexity index is 1160. The number of hydrogen-bond acceptors (Lipinski definition) is 6. The number of carbonyl (C=O) groups is 1. The number of anilines is 1. The maximum Gasteiger partial charge on any atom is 0.257 e. The van der Waals surface area contributed by atoms with E-state index in [1.807, 2.05) is 36.2 Å². The van der Waals surface area contributed by atoms with Crippen LogP contribution in [0.25, 0.3) is 11.1 Å². The van der Waals surface area contributed by atoms with Gasteiger partial charge in [-0.15, -0.1) is 0 Å². The number of nitrogens with zero attached hydrogens (tertiary/aromatic N) is 4. The van der Waals surface area contributed by atoms with E-state index in [4.69, 9.17) is 9.40 Å². The molecule has 2 aliphatic carbocycles. The summed E-state index contributed by atoms with van der Waals surface area (Å²) < 4.78 is 5.88. The summed E-state index contributed by atoms with van der Waals surface area (Å²) in [5.74, 6) is 3.33. The van der Waals surface area contributed by atoms with Crippen LogP contribution >= 0.6 is 0 Å². The zero-order valence-electron chi connectivity index (χ0n) is 19.0. The summed E-state index contributed by atoms with van der Waals surface area (Å²) in [5, 5.41) is 3.44. The van der Waals surface area contributed by atoms with Gasteiger partial charge in [0, 0.05) is 55.1 Å². The minimum Gasteiger partial charge on any atom is -0.465 e. The number of likely N-dealkylation sites (tertiary alicyclic amines) is 1. The van der Waals surface area contributed by atoms with Gasteiger partial charge in [0.15, 0.2) is 0 Å². The summed E-state index contributed by atoms with van der Waals surface area (Å²) in [5.41, 5.74) is 3.94. The third-order valence-corrected chi connectivity index (χ3v) is 7.04. The molecule has 33 heavy (non-hydrogen) atoms. The Hall–Kier alpha value is -3.22. The van der Waals surface area contributed by atoms with Crippen LogP contribution in [0.4, 0.5) is 5.95 Å². The molecule has 6 rings (SSSR count). The van der Waals surface area contributed by atoms with E-state index in [2.05, 4.69) is 15.3 Å². The van der Waals surface area contributed by atoms with Gasteiger partial charge in [-0.25, -0.2) is 9.97 Å². The lowest BCUT2D eigenvalue weighted by atomic mass is 9.89. The third kappa shape index (κ3) is 4.24. The first-order valence-corrected chi connectivity index (χ1v) is 12.1. The van der Waals surface area contributed by atoms with Crippen molar-refractivity contribution in [2.24, 2.45) is 0 Å². The monoisotopic (exact) mass is 443 g/mol. The summed E-state index contributed by atoms with van der Waals surface area (Å²) in [4.78, 5) is 28.9. The number of furan rings is 1. The van der Waals surface area contributed by atoms with Crippen molar-refractivity contribution in [1.82, 2.24) is 19.9 Å². The second-order valence-electron chi connectivity index (χ2n) is 9.61. The summed E-state index contributed by atoms with van der Waals surface area (Å²) in [6.07, 6.45) is 12.0. The van der Waals surface area contributed by atoms with Crippen molar-refractivity contribution in [2.45, 2.75) is 63.3 Å². The minimum atomic E-state index is 0.0923. The summed E-state index contributed by atoms with van der Waals surface area (Å²) in [6.45, 7) is 3.35. The van der Waals surface area contributed by atoms with Crippen molar-refractivity contribution in [3.63, 3.8) is 0 Å². The van der Waals surface area contributed by atoms with Crippen molar-refractivity contribution in [1.29, 1.82) is 0 Å². The number of carbonyl (C=O) groups excluding carboxylic acids is 1. The lowest BCUT2D eigenvalue weighted by Crippen LogP contribution is -2.38. The molecular formula is C26H29N5O2. The number of rotatable bonds is 6. The lowest BCUT2D eigenvalue weighted by Gasteiger charge is -2.32. The Balaban J connectivity index is 1.21. The number of pyridine rings is 1. The van der Waals surface area contributed by atoms with Crippen LogP contribution in [0.5, 0.6) is 0 Å². The normalized spacial score (nSPS) is 19.0. The van der Waals surface area contributed by atoms with Crippen LogP contribution in [0.15, 0.2) is 41.2 Å². The smallest absolute Gasteiger partial charge is 0.257 e. The van der Waals surface area contributed by atoms with E-state index in [0.717, 1.165) is 59.8 Å². The Morgan fingerprint density at radius 1 is 1.06 bits per heavy atom. The maximum atomic E-state index is 13.2.